The highest BCUT2D eigenvalue weighted by Gasteiger charge is 2.33. The van der Waals surface area contributed by atoms with Gasteiger partial charge in [0.2, 0.25) is 0 Å². The smallest absolute Gasteiger partial charge is 0.393 e. The first kappa shape index (κ1) is 14.3. The van der Waals surface area contributed by atoms with E-state index >= 15 is 0 Å². The molecule has 0 atom stereocenters. The molecule has 0 aliphatic carbocycles. The fourth-order valence-corrected chi connectivity index (χ4v) is 0.728. The van der Waals surface area contributed by atoms with Gasteiger partial charge < -0.3 is 9.31 Å². The summed E-state index contributed by atoms with van der Waals surface area (Å²) in [4.78, 5) is -1.57. The highest BCUT2D eigenvalue weighted by atomic mass is 127. The highest BCUT2D eigenvalue weighted by molar-refractivity contribution is 14.1. The third-order valence-corrected chi connectivity index (χ3v) is 1.48. The summed E-state index contributed by atoms with van der Waals surface area (Å²) in [6, 6.07) is 0. The van der Waals surface area contributed by atoms with E-state index in [0.717, 1.165) is 0 Å². The van der Waals surface area contributed by atoms with E-state index in [0.29, 0.717) is 0 Å². The van der Waals surface area contributed by atoms with Gasteiger partial charge in [0.05, 0.1) is 0 Å². The third-order valence-electron chi connectivity index (χ3n) is 0.756. The van der Waals surface area contributed by atoms with E-state index in [9.17, 15) is 26.3 Å². The van der Waals surface area contributed by atoms with Gasteiger partial charge >= 0.3 is 17.3 Å². The molecule has 0 aromatic heterocycles. The second kappa shape index (κ2) is 5.40. The van der Waals surface area contributed by atoms with Crippen LogP contribution in [0.15, 0.2) is 0 Å². The van der Waals surface area contributed by atoms with E-state index in [1.54, 1.807) is 0 Å². The Balaban J connectivity index is 3.62. The fraction of sp³-hybridized carbons (Fsp3) is 1.00. The molecule has 14 heavy (non-hydrogen) atoms. The van der Waals surface area contributed by atoms with Crippen molar-refractivity contribution in [3.05, 3.63) is 0 Å². The Morgan fingerprint density at radius 3 is 1.36 bits per heavy atom. The Morgan fingerprint density at radius 2 is 1.14 bits per heavy atom. The molecule has 0 saturated carbocycles. The molecule has 0 radical (unpaired) electrons. The average Bonchev–Trinajstić information content (AvgIpc) is 1.94. The molecule has 0 heterocycles. The summed E-state index contributed by atoms with van der Waals surface area (Å²) in [5, 5.41) is 0. The Labute approximate surface area is 88.9 Å². The van der Waals surface area contributed by atoms with Crippen LogP contribution in [-0.4, -0.2) is 30.5 Å². The van der Waals surface area contributed by atoms with Gasteiger partial charge in [0, 0.05) is 0 Å². The molecule has 84 valence electrons. The van der Waals surface area contributed by atoms with Crippen molar-refractivity contribution < 1.29 is 35.7 Å². The second-order valence-electron chi connectivity index (χ2n) is 2.13. The van der Waals surface area contributed by atoms with Crippen LogP contribution >= 0.6 is 22.4 Å². The fourth-order valence-electron chi connectivity index (χ4n) is 0.368. The third kappa shape index (κ3) is 10.4. The summed E-state index contributed by atoms with van der Waals surface area (Å²) in [7, 11) is 0. The van der Waals surface area contributed by atoms with Crippen molar-refractivity contribution in [3.63, 3.8) is 0 Å². The van der Waals surface area contributed by atoms with Crippen molar-refractivity contribution in [1.29, 1.82) is 0 Å². The maximum Gasteiger partial charge on any atom is 0.532 e. The highest BCUT2D eigenvalue weighted by Crippen LogP contribution is 2.19. The zero-order valence-corrected chi connectivity index (χ0v) is 8.61. The number of rotatable bonds is 4. The van der Waals surface area contributed by atoms with Gasteiger partial charge in [-0.1, -0.05) is 22.4 Å². The molecular weight excluding hydrogens is 332 g/mol. The average molecular weight is 336 g/mol. The summed E-state index contributed by atoms with van der Waals surface area (Å²) in [5.74, 6) is 0. The molecule has 0 bridgehead atoms. The van der Waals surface area contributed by atoms with Crippen molar-refractivity contribution >= 4 is 27.3 Å². The summed E-state index contributed by atoms with van der Waals surface area (Å²) < 4.78 is 76.8. The van der Waals surface area contributed by atoms with Crippen molar-refractivity contribution in [3.8, 4) is 0 Å². The number of halogens is 7. The predicted octanol–water partition coefficient (Wildman–Crippen LogP) is 2.56. The second-order valence-corrected chi connectivity index (χ2v) is 3.14. The summed E-state index contributed by atoms with van der Waals surface area (Å²) in [5.41, 5.74) is 0. The molecule has 0 aromatic rings. The van der Waals surface area contributed by atoms with Crippen molar-refractivity contribution in [2.45, 2.75) is 12.4 Å². The number of alkyl halides is 6. The Hall–Kier alpha value is 0.295. The van der Waals surface area contributed by atoms with Gasteiger partial charge in [-0.3, -0.25) is 0 Å². The molecule has 0 amide bonds. The minimum atomic E-state index is -4.58. The van der Waals surface area contributed by atoms with Crippen molar-refractivity contribution in [2.75, 3.05) is 13.2 Å². The SMILES string of the molecule is FC(F)(F)COB(I)OCC(F)(F)F. The summed E-state index contributed by atoms with van der Waals surface area (Å²) in [6.45, 7) is -3.28. The van der Waals surface area contributed by atoms with E-state index in [-0.39, 0.29) is 0 Å². The van der Waals surface area contributed by atoms with Crippen LogP contribution in [0.25, 0.3) is 0 Å². The first-order chi connectivity index (χ1) is 6.10. The van der Waals surface area contributed by atoms with Crippen LogP contribution in [0.3, 0.4) is 0 Å². The van der Waals surface area contributed by atoms with E-state index in [4.69, 9.17) is 0 Å². The van der Waals surface area contributed by atoms with Crippen LogP contribution < -0.4 is 0 Å². The Morgan fingerprint density at radius 1 is 0.857 bits per heavy atom. The topological polar surface area (TPSA) is 18.5 Å². The number of hydrogen-bond acceptors (Lipinski definition) is 2. The minimum absolute atomic E-state index is 1.18. The van der Waals surface area contributed by atoms with E-state index in [2.05, 4.69) is 9.31 Å². The molecule has 0 unspecified atom stereocenters. The molecule has 0 N–H and O–H groups in total. The van der Waals surface area contributed by atoms with Gasteiger partial charge in [-0.05, 0) is 0 Å². The monoisotopic (exact) mass is 336 g/mol. The lowest BCUT2D eigenvalue weighted by molar-refractivity contribution is -0.166. The lowest BCUT2D eigenvalue weighted by Crippen LogP contribution is -2.28. The van der Waals surface area contributed by atoms with Crippen LogP contribution in [0.5, 0.6) is 0 Å². The zero-order chi connectivity index (χ0) is 11.4. The van der Waals surface area contributed by atoms with Gasteiger partial charge in [-0.25, -0.2) is 0 Å². The Kier molecular flexibility index (Phi) is 5.51. The van der Waals surface area contributed by atoms with Crippen LogP contribution in [-0.2, 0) is 9.31 Å². The van der Waals surface area contributed by atoms with Crippen LogP contribution in [0.4, 0.5) is 26.3 Å². The first-order valence-electron chi connectivity index (χ1n) is 3.11. The molecule has 0 aliphatic heterocycles. The van der Waals surface area contributed by atoms with Crippen molar-refractivity contribution in [2.24, 2.45) is 0 Å². The van der Waals surface area contributed by atoms with Crippen LogP contribution in [0.1, 0.15) is 0 Å². The van der Waals surface area contributed by atoms with Crippen LogP contribution in [0.2, 0.25) is 0 Å². The van der Waals surface area contributed by atoms with E-state index in [1.165, 1.54) is 22.4 Å². The van der Waals surface area contributed by atoms with Gasteiger partial charge in [0.25, 0.3) is 0 Å². The minimum Gasteiger partial charge on any atom is -0.393 e. The molecule has 0 rings (SSSR count). The lowest BCUT2D eigenvalue weighted by Gasteiger charge is -2.12. The molecule has 2 nitrogen and oxygen atoms in total. The normalized spacial score (nSPS) is 13.1. The van der Waals surface area contributed by atoms with Gasteiger partial charge in [0.1, 0.15) is 13.2 Å². The first-order valence-corrected chi connectivity index (χ1v) is 4.35. The predicted molar refractivity (Wildman–Crippen MR) is 43.8 cm³/mol. The molecule has 0 aromatic carbocycles. The summed E-state index contributed by atoms with van der Waals surface area (Å²) >= 11 is 1.18. The quantitative estimate of drug-likeness (QED) is 0.446. The maximum atomic E-state index is 11.5. The van der Waals surface area contributed by atoms with E-state index < -0.39 is 30.5 Å². The van der Waals surface area contributed by atoms with Gasteiger partial charge in [0.15, 0.2) is 0 Å². The Bertz CT molecular complexity index is 152. The molecular formula is C4H4BF6IO2. The van der Waals surface area contributed by atoms with Crippen molar-refractivity contribution in [1.82, 2.24) is 0 Å². The molecule has 0 fully saturated rings. The van der Waals surface area contributed by atoms with E-state index in [1.807, 2.05) is 0 Å². The summed E-state index contributed by atoms with van der Waals surface area (Å²) in [6.07, 6.45) is -9.16. The molecule has 0 aliphatic rings. The maximum absolute atomic E-state index is 11.5. The van der Waals surface area contributed by atoms with Crippen LogP contribution in [0, 0.1) is 0 Å². The van der Waals surface area contributed by atoms with Gasteiger partial charge in [-0.15, -0.1) is 0 Å². The lowest BCUT2D eigenvalue weighted by atomic mass is 10.4. The molecule has 0 spiro atoms. The molecule has 10 heteroatoms. The van der Waals surface area contributed by atoms with Gasteiger partial charge in [-0.2, -0.15) is 26.3 Å². The largest absolute Gasteiger partial charge is 0.532 e. The zero-order valence-electron chi connectivity index (χ0n) is 6.45. The number of hydrogen-bond donors (Lipinski definition) is 0. The standard InChI is InChI=1S/C4H4BF6IO2/c6-3(7,8)1-13-5(12)14-2-4(9,10)11/h1-2H2. The molecule has 0 saturated heterocycles.